The van der Waals surface area contributed by atoms with E-state index in [1.807, 2.05) is 13.0 Å². The number of rotatable bonds is 3. The molecule has 3 nitrogen and oxygen atoms in total. The summed E-state index contributed by atoms with van der Waals surface area (Å²) in [6.07, 6.45) is 0.629. The molecule has 0 bridgehead atoms. The third-order valence-corrected chi connectivity index (χ3v) is 3.48. The predicted molar refractivity (Wildman–Crippen MR) is 66.6 cm³/mol. The molecule has 1 aromatic rings. The summed E-state index contributed by atoms with van der Waals surface area (Å²) in [6, 6.07) is 6.23. The van der Waals surface area contributed by atoms with Crippen molar-refractivity contribution in [3.8, 4) is 0 Å². The SMILES string of the molecule is CC(CN)C(O)c1ccc2c(c1)CCN2C. The van der Waals surface area contributed by atoms with E-state index in [1.165, 1.54) is 11.3 Å². The molecule has 0 aliphatic carbocycles. The lowest BCUT2D eigenvalue weighted by molar-refractivity contribution is 0.121. The van der Waals surface area contributed by atoms with Gasteiger partial charge in [-0.05, 0) is 36.1 Å². The van der Waals surface area contributed by atoms with Crippen molar-refractivity contribution in [2.24, 2.45) is 11.7 Å². The van der Waals surface area contributed by atoms with Crippen molar-refractivity contribution in [3.63, 3.8) is 0 Å². The van der Waals surface area contributed by atoms with Crippen LogP contribution in [0.3, 0.4) is 0 Å². The second kappa shape index (κ2) is 4.44. The first-order valence-corrected chi connectivity index (χ1v) is 5.85. The van der Waals surface area contributed by atoms with E-state index >= 15 is 0 Å². The normalized spacial score (nSPS) is 18.4. The molecule has 0 radical (unpaired) electrons. The lowest BCUT2D eigenvalue weighted by Crippen LogP contribution is -2.19. The fourth-order valence-electron chi connectivity index (χ4n) is 2.23. The maximum Gasteiger partial charge on any atom is 0.0827 e. The van der Waals surface area contributed by atoms with Crippen LogP contribution in [0.2, 0.25) is 0 Å². The molecule has 2 rings (SSSR count). The summed E-state index contributed by atoms with van der Waals surface area (Å²) in [6.45, 7) is 3.56. The van der Waals surface area contributed by atoms with Crippen LogP contribution < -0.4 is 10.6 Å². The van der Waals surface area contributed by atoms with E-state index in [9.17, 15) is 5.11 Å². The van der Waals surface area contributed by atoms with Gasteiger partial charge >= 0.3 is 0 Å². The third-order valence-electron chi connectivity index (χ3n) is 3.48. The molecular formula is C13H20N2O. The standard InChI is InChI=1S/C13H20N2O/c1-9(8-14)13(16)11-3-4-12-10(7-11)5-6-15(12)2/h3-4,7,9,13,16H,5-6,8,14H2,1-2H3. The Kier molecular flexibility index (Phi) is 3.17. The smallest absolute Gasteiger partial charge is 0.0827 e. The Morgan fingerprint density at radius 3 is 2.94 bits per heavy atom. The van der Waals surface area contributed by atoms with E-state index in [-0.39, 0.29) is 5.92 Å². The summed E-state index contributed by atoms with van der Waals surface area (Å²) in [5.74, 6) is 0.109. The van der Waals surface area contributed by atoms with Crippen LogP contribution in [0, 0.1) is 5.92 Å². The molecule has 1 heterocycles. The lowest BCUT2D eigenvalue weighted by Gasteiger charge is -2.19. The molecule has 3 N–H and O–H groups in total. The Morgan fingerprint density at radius 2 is 2.25 bits per heavy atom. The number of hydrogen-bond donors (Lipinski definition) is 2. The Balaban J connectivity index is 2.25. The highest BCUT2D eigenvalue weighted by atomic mass is 16.3. The van der Waals surface area contributed by atoms with Crippen LogP contribution in [0.15, 0.2) is 18.2 Å². The molecule has 1 aliphatic heterocycles. The van der Waals surface area contributed by atoms with Crippen molar-refractivity contribution in [3.05, 3.63) is 29.3 Å². The molecule has 0 saturated heterocycles. The number of aliphatic hydroxyl groups is 1. The molecule has 1 aliphatic rings. The topological polar surface area (TPSA) is 49.5 Å². The Labute approximate surface area is 96.9 Å². The van der Waals surface area contributed by atoms with Gasteiger partial charge in [0.1, 0.15) is 0 Å². The average molecular weight is 220 g/mol. The molecule has 0 fully saturated rings. The van der Waals surface area contributed by atoms with Crippen LogP contribution in [0.25, 0.3) is 0 Å². The zero-order valence-electron chi connectivity index (χ0n) is 9.98. The molecular weight excluding hydrogens is 200 g/mol. The maximum absolute atomic E-state index is 10.1. The van der Waals surface area contributed by atoms with Gasteiger partial charge in [0.2, 0.25) is 0 Å². The summed E-state index contributed by atoms with van der Waals surface area (Å²) in [4.78, 5) is 2.25. The number of fused-ring (bicyclic) bond motifs is 1. The van der Waals surface area contributed by atoms with Crippen molar-refractivity contribution < 1.29 is 5.11 Å². The van der Waals surface area contributed by atoms with Crippen molar-refractivity contribution in [2.45, 2.75) is 19.4 Å². The quantitative estimate of drug-likeness (QED) is 0.807. The van der Waals surface area contributed by atoms with Gasteiger partial charge in [0.05, 0.1) is 6.10 Å². The van der Waals surface area contributed by atoms with Gasteiger partial charge in [-0.2, -0.15) is 0 Å². The van der Waals surface area contributed by atoms with Crippen molar-refractivity contribution in [1.82, 2.24) is 0 Å². The zero-order valence-corrected chi connectivity index (χ0v) is 9.98. The van der Waals surface area contributed by atoms with Crippen molar-refractivity contribution >= 4 is 5.69 Å². The molecule has 1 aromatic carbocycles. The molecule has 0 spiro atoms. The van der Waals surface area contributed by atoms with Crippen LogP contribution in [0.1, 0.15) is 24.2 Å². The number of nitrogens with two attached hydrogens (primary N) is 1. The number of likely N-dealkylation sites (N-methyl/N-ethyl adjacent to an activating group) is 1. The highest BCUT2D eigenvalue weighted by Gasteiger charge is 2.20. The Morgan fingerprint density at radius 1 is 1.50 bits per heavy atom. The van der Waals surface area contributed by atoms with E-state index in [4.69, 9.17) is 5.73 Å². The second-order valence-corrected chi connectivity index (χ2v) is 4.72. The van der Waals surface area contributed by atoms with Crippen LogP contribution in [-0.4, -0.2) is 25.2 Å². The fourth-order valence-corrected chi connectivity index (χ4v) is 2.23. The first kappa shape index (κ1) is 11.4. The number of aliphatic hydroxyl groups excluding tert-OH is 1. The van der Waals surface area contributed by atoms with Gasteiger partial charge in [-0.15, -0.1) is 0 Å². The van der Waals surface area contributed by atoms with Gasteiger partial charge in [-0.3, -0.25) is 0 Å². The molecule has 3 heteroatoms. The minimum Gasteiger partial charge on any atom is -0.388 e. The van der Waals surface area contributed by atoms with Crippen LogP contribution in [0.5, 0.6) is 0 Å². The summed E-state index contributed by atoms with van der Waals surface area (Å²) in [5.41, 5.74) is 9.19. The second-order valence-electron chi connectivity index (χ2n) is 4.72. The van der Waals surface area contributed by atoms with Gasteiger partial charge in [-0.25, -0.2) is 0 Å². The largest absolute Gasteiger partial charge is 0.388 e. The molecule has 0 saturated carbocycles. The molecule has 0 amide bonds. The minimum absolute atomic E-state index is 0.109. The fraction of sp³-hybridized carbons (Fsp3) is 0.538. The van der Waals surface area contributed by atoms with E-state index in [2.05, 4.69) is 24.1 Å². The number of benzene rings is 1. The molecule has 16 heavy (non-hydrogen) atoms. The average Bonchev–Trinajstić information content (AvgIpc) is 2.68. The van der Waals surface area contributed by atoms with Gasteiger partial charge in [-0.1, -0.05) is 19.1 Å². The Hall–Kier alpha value is -1.06. The highest BCUT2D eigenvalue weighted by molar-refractivity contribution is 5.58. The predicted octanol–water partition coefficient (Wildman–Crippen LogP) is 1.31. The number of nitrogens with zero attached hydrogens (tertiary/aromatic N) is 1. The lowest BCUT2D eigenvalue weighted by atomic mass is 9.95. The first-order valence-electron chi connectivity index (χ1n) is 5.85. The summed E-state index contributed by atoms with van der Waals surface area (Å²) in [7, 11) is 2.10. The molecule has 2 unspecified atom stereocenters. The van der Waals surface area contributed by atoms with Gasteiger partial charge in [0.15, 0.2) is 0 Å². The first-order chi connectivity index (χ1) is 7.63. The van der Waals surface area contributed by atoms with E-state index in [0.29, 0.717) is 6.54 Å². The van der Waals surface area contributed by atoms with Crippen LogP contribution >= 0.6 is 0 Å². The molecule has 0 aromatic heterocycles. The summed E-state index contributed by atoms with van der Waals surface area (Å²) in [5, 5.41) is 10.1. The van der Waals surface area contributed by atoms with Crippen molar-refractivity contribution in [2.75, 3.05) is 25.0 Å². The van der Waals surface area contributed by atoms with E-state index < -0.39 is 6.10 Å². The summed E-state index contributed by atoms with van der Waals surface area (Å²) < 4.78 is 0. The van der Waals surface area contributed by atoms with Crippen LogP contribution in [0.4, 0.5) is 5.69 Å². The molecule has 2 atom stereocenters. The highest BCUT2D eigenvalue weighted by Crippen LogP contribution is 2.31. The Bertz CT molecular complexity index is 378. The van der Waals surface area contributed by atoms with Crippen LogP contribution in [-0.2, 0) is 6.42 Å². The molecule has 88 valence electrons. The maximum atomic E-state index is 10.1. The van der Waals surface area contributed by atoms with E-state index in [1.54, 1.807) is 0 Å². The van der Waals surface area contributed by atoms with Gasteiger partial charge in [0, 0.05) is 19.3 Å². The number of anilines is 1. The third kappa shape index (κ3) is 1.93. The summed E-state index contributed by atoms with van der Waals surface area (Å²) >= 11 is 0. The van der Waals surface area contributed by atoms with E-state index in [0.717, 1.165) is 18.5 Å². The van der Waals surface area contributed by atoms with Gasteiger partial charge in [0.25, 0.3) is 0 Å². The van der Waals surface area contributed by atoms with Crippen molar-refractivity contribution in [1.29, 1.82) is 0 Å². The monoisotopic (exact) mass is 220 g/mol. The number of hydrogen-bond acceptors (Lipinski definition) is 3. The zero-order chi connectivity index (χ0) is 11.7. The van der Waals surface area contributed by atoms with Gasteiger partial charge < -0.3 is 15.7 Å². The minimum atomic E-state index is -0.443.